The van der Waals surface area contributed by atoms with Gasteiger partial charge in [-0.3, -0.25) is 0 Å². The number of nitrogens with zero attached hydrogens (tertiary/aromatic N) is 1. The Kier molecular flexibility index (Phi) is 4.78. The van der Waals surface area contributed by atoms with Crippen molar-refractivity contribution >= 4 is 39.7 Å². The number of benzene rings is 2. The molecule has 0 saturated carbocycles. The van der Waals surface area contributed by atoms with E-state index in [0.29, 0.717) is 26.4 Å². The van der Waals surface area contributed by atoms with Crippen LogP contribution in [0.15, 0.2) is 48.5 Å². The van der Waals surface area contributed by atoms with Gasteiger partial charge in [0.1, 0.15) is 5.82 Å². The van der Waals surface area contributed by atoms with E-state index in [1.165, 1.54) is 23.5 Å². The third-order valence-electron chi connectivity index (χ3n) is 3.22. The normalized spacial score (nSPS) is 10.6. The highest BCUT2D eigenvalue weighted by Crippen LogP contribution is 2.33. The summed E-state index contributed by atoms with van der Waals surface area (Å²) in [5.74, 6) is -1.51. The number of carbonyl (C=O) groups is 1. The first kappa shape index (κ1) is 16.4. The molecule has 0 aliphatic rings. The molecule has 1 N–H and O–H groups in total. The molecule has 0 atom stereocenters. The topological polar surface area (TPSA) is 65.0 Å². The molecule has 0 spiro atoms. The lowest BCUT2D eigenvalue weighted by molar-refractivity contribution is -0.304. The second kappa shape index (κ2) is 6.98. The fourth-order valence-electron chi connectivity index (χ4n) is 2.15. The van der Waals surface area contributed by atoms with E-state index in [1.807, 2.05) is 0 Å². The van der Waals surface area contributed by atoms with Crippen LogP contribution in [-0.4, -0.2) is 11.0 Å². The summed E-state index contributed by atoms with van der Waals surface area (Å²) < 4.78 is 13.0. The average Bonchev–Trinajstić information content (AvgIpc) is 2.92. The Morgan fingerprint density at radius 3 is 2.46 bits per heavy atom. The van der Waals surface area contributed by atoms with Crippen molar-refractivity contribution in [2.24, 2.45) is 0 Å². The number of hydrogen-bond donors (Lipinski definition) is 1. The quantitative estimate of drug-likeness (QED) is 0.753. The van der Waals surface area contributed by atoms with Crippen LogP contribution < -0.4 is 10.4 Å². The number of aromatic nitrogens is 1. The molecule has 1 aromatic heterocycles. The van der Waals surface area contributed by atoms with Gasteiger partial charge in [-0.25, -0.2) is 9.37 Å². The SMILES string of the molecule is O=C([O-])Cc1sc(Nc2ccc(F)cc2)nc1-c1ccc(Cl)cc1. The number of aliphatic carboxylic acids is 1. The van der Waals surface area contributed by atoms with Crippen LogP contribution in [0.1, 0.15) is 4.88 Å². The molecule has 122 valence electrons. The largest absolute Gasteiger partial charge is 0.550 e. The van der Waals surface area contributed by atoms with Gasteiger partial charge in [0, 0.05) is 33.5 Å². The van der Waals surface area contributed by atoms with Gasteiger partial charge < -0.3 is 15.2 Å². The predicted molar refractivity (Wildman–Crippen MR) is 91.0 cm³/mol. The maximum absolute atomic E-state index is 13.0. The van der Waals surface area contributed by atoms with Crippen molar-refractivity contribution in [3.63, 3.8) is 0 Å². The fraction of sp³-hybridized carbons (Fsp3) is 0.0588. The number of halogens is 2. The third-order valence-corrected chi connectivity index (χ3v) is 4.44. The lowest BCUT2D eigenvalue weighted by Crippen LogP contribution is -2.24. The molecule has 1 heterocycles. The van der Waals surface area contributed by atoms with Crippen molar-refractivity contribution in [3.05, 3.63) is 64.2 Å². The first-order valence-corrected chi connectivity index (χ1v) is 8.19. The van der Waals surface area contributed by atoms with E-state index in [9.17, 15) is 14.3 Å². The zero-order chi connectivity index (χ0) is 17.1. The molecule has 3 rings (SSSR count). The maximum Gasteiger partial charge on any atom is 0.187 e. The number of nitrogens with one attached hydrogen (secondary N) is 1. The van der Waals surface area contributed by atoms with Crippen molar-refractivity contribution in [1.29, 1.82) is 0 Å². The lowest BCUT2D eigenvalue weighted by Gasteiger charge is -2.03. The zero-order valence-electron chi connectivity index (χ0n) is 12.3. The molecular formula is C17H11ClFN2O2S-. The number of rotatable bonds is 5. The summed E-state index contributed by atoms with van der Waals surface area (Å²) in [5, 5.41) is 15.1. The molecule has 4 nitrogen and oxygen atoms in total. The molecule has 7 heteroatoms. The summed E-state index contributed by atoms with van der Waals surface area (Å²) in [6, 6.07) is 12.8. The second-order valence-electron chi connectivity index (χ2n) is 4.98. The van der Waals surface area contributed by atoms with Crippen LogP contribution in [0.5, 0.6) is 0 Å². The molecule has 0 unspecified atom stereocenters. The van der Waals surface area contributed by atoms with Gasteiger partial charge in [0.25, 0.3) is 0 Å². The van der Waals surface area contributed by atoms with Crippen molar-refractivity contribution in [2.45, 2.75) is 6.42 Å². The highest BCUT2D eigenvalue weighted by Gasteiger charge is 2.14. The standard InChI is InChI=1S/C17H12ClFN2O2S/c18-11-3-1-10(2-4-11)16-14(9-15(22)23)24-17(21-16)20-13-7-5-12(19)6-8-13/h1-8H,9H2,(H,20,21)(H,22,23)/p-1. The molecule has 2 aromatic carbocycles. The fourth-order valence-corrected chi connectivity index (χ4v) is 3.26. The Labute approximate surface area is 146 Å². The van der Waals surface area contributed by atoms with Crippen molar-refractivity contribution in [3.8, 4) is 11.3 Å². The summed E-state index contributed by atoms with van der Waals surface area (Å²) in [6.45, 7) is 0. The van der Waals surface area contributed by atoms with Crippen LogP contribution in [0, 0.1) is 5.82 Å². The minimum absolute atomic E-state index is 0.235. The molecular weight excluding hydrogens is 351 g/mol. The molecule has 0 amide bonds. The minimum Gasteiger partial charge on any atom is -0.550 e. The first-order chi connectivity index (χ1) is 11.5. The molecule has 0 fully saturated rings. The first-order valence-electron chi connectivity index (χ1n) is 6.99. The maximum atomic E-state index is 13.0. The number of carbonyl (C=O) groups excluding carboxylic acids is 1. The van der Waals surface area contributed by atoms with E-state index in [1.54, 1.807) is 36.4 Å². The summed E-state index contributed by atoms with van der Waals surface area (Å²) in [6.07, 6.45) is -0.235. The number of carboxylic acid groups (broad SMARTS) is 1. The monoisotopic (exact) mass is 361 g/mol. The van der Waals surface area contributed by atoms with Gasteiger partial charge >= 0.3 is 0 Å². The summed E-state index contributed by atoms with van der Waals surface area (Å²) in [4.78, 5) is 16.0. The number of hydrogen-bond acceptors (Lipinski definition) is 5. The van der Waals surface area contributed by atoms with Crippen molar-refractivity contribution in [2.75, 3.05) is 5.32 Å². The third kappa shape index (κ3) is 3.90. The Morgan fingerprint density at radius 2 is 1.83 bits per heavy atom. The van der Waals surface area contributed by atoms with E-state index < -0.39 is 5.97 Å². The van der Waals surface area contributed by atoms with E-state index in [4.69, 9.17) is 11.6 Å². The Bertz CT molecular complexity index is 863. The molecule has 24 heavy (non-hydrogen) atoms. The Morgan fingerprint density at radius 1 is 1.17 bits per heavy atom. The minimum atomic E-state index is -1.18. The van der Waals surface area contributed by atoms with Crippen LogP contribution in [0.3, 0.4) is 0 Å². The molecule has 0 radical (unpaired) electrons. The van der Waals surface area contributed by atoms with Gasteiger partial charge in [-0.15, -0.1) is 11.3 Å². The molecule has 0 saturated heterocycles. The zero-order valence-corrected chi connectivity index (χ0v) is 13.8. The number of thiazole rings is 1. The van der Waals surface area contributed by atoms with Crippen molar-refractivity contribution < 1.29 is 14.3 Å². The molecule has 0 aliphatic carbocycles. The van der Waals surface area contributed by atoms with E-state index in [0.717, 1.165) is 5.56 Å². The number of anilines is 2. The van der Waals surface area contributed by atoms with Gasteiger partial charge in [-0.05, 0) is 36.4 Å². The Balaban J connectivity index is 1.94. The van der Waals surface area contributed by atoms with Gasteiger partial charge in [0.15, 0.2) is 5.13 Å². The molecule has 0 aliphatic heterocycles. The smallest absolute Gasteiger partial charge is 0.187 e. The predicted octanol–water partition coefficient (Wildman–Crippen LogP) is 3.64. The van der Waals surface area contributed by atoms with Gasteiger partial charge in [0.2, 0.25) is 0 Å². The highest BCUT2D eigenvalue weighted by molar-refractivity contribution is 7.16. The summed E-state index contributed by atoms with van der Waals surface area (Å²) in [7, 11) is 0. The van der Waals surface area contributed by atoms with Gasteiger partial charge in [-0.2, -0.15) is 0 Å². The van der Waals surface area contributed by atoms with Crippen LogP contribution in [-0.2, 0) is 11.2 Å². The van der Waals surface area contributed by atoms with Crippen molar-refractivity contribution in [1.82, 2.24) is 4.98 Å². The second-order valence-corrected chi connectivity index (χ2v) is 6.50. The Hall–Kier alpha value is -2.44. The van der Waals surface area contributed by atoms with Crippen LogP contribution in [0.4, 0.5) is 15.2 Å². The average molecular weight is 362 g/mol. The van der Waals surface area contributed by atoms with Crippen LogP contribution >= 0.6 is 22.9 Å². The molecule has 0 bridgehead atoms. The lowest BCUT2D eigenvalue weighted by atomic mass is 10.1. The highest BCUT2D eigenvalue weighted by atomic mass is 35.5. The van der Waals surface area contributed by atoms with E-state index in [2.05, 4.69) is 10.3 Å². The van der Waals surface area contributed by atoms with Crippen LogP contribution in [0.25, 0.3) is 11.3 Å². The van der Waals surface area contributed by atoms with Gasteiger partial charge in [-0.1, -0.05) is 23.7 Å². The van der Waals surface area contributed by atoms with E-state index in [-0.39, 0.29) is 12.2 Å². The summed E-state index contributed by atoms with van der Waals surface area (Å²) in [5.41, 5.74) is 1.98. The van der Waals surface area contributed by atoms with Gasteiger partial charge in [0.05, 0.1) is 5.69 Å². The van der Waals surface area contributed by atoms with E-state index >= 15 is 0 Å². The number of carboxylic acids is 1. The molecule has 3 aromatic rings. The van der Waals surface area contributed by atoms with Crippen LogP contribution in [0.2, 0.25) is 5.02 Å². The summed E-state index contributed by atoms with van der Waals surface area (Å²) >= 11 is 7.10.